The lowest BCUT2D eigenvalue weighted by Gasteiger charge is -2.09. The largest absolute Gasteiger partial charge is 0.481 e. The molecule has 21 heavy (non-hydrogen) atoms. The Balaban J connectivity index is 2.25. The first-order valence-corrected chi connectivity index (χ1v) is 8.07. The zero-order valence-corrected chi connectivity index (χ0v) is 12.4. The maximum Gasteiger partial charge on any atom is 0.261 e. The second-order valence-electron chi connectivity index (χ2n) is 4.21. The number of aromatic nitrogens is 1. The van der Waals surface area contributed by atoms with Crippen LogP contribution in [0.1, 0.15) is 11.4 Å². The van der Waals surface area contributed by atoms with E-state index >= 15 is 0 Å². The van der Waals surface area contributed by atoms with Gasteiger partial charge in [-0.05, 0) is 31.2 Å². The van der Waals surface area contributed by atoms with E-state index in [0.29, 0.717) is 17.8 Å². The first-order chi connectivity index (χ1) is 9.77. The molecule has 0 saturated carbocycles. The van der Waals surface area contributed by atoms with Crippen LogP contribution in [0.5, 0.6) is 5.75 Å². The molecule has 8 heteroatoms. The molecule has 112 valence electrons. The van der Waals surface area contributed by atoms with E-state index in [9.17, 15) is 17.2 Å². The number of ether oxygens (including phenoxy) is 1. The van der Waals surface area contributed by atoms with Crippen LogP contribution in [0, 0.1) is 18.6 Å². The second-order valence-corrected chi connectivity index (χ2v) is 6.78. The van der Waals surface area contributed by atoms with Crippen molar-refractivity contribution in [3.05, 3.63) is 53.4 Å². The topological polar surface area (TPSA) is 56.3 Å². The van der Waals surface area contributed by atoms with Crippen molar-refractivity contribution >= 4 is 19.7 Å². The lowest BCUT2D eigenvalue weighted by Crippen LogP contribution is -2.04. The van der Waals surface area contributed by atoms with Gasteiger partial charge in [0.15, 0.2) is 17.4 Å². The second kappa shape index (κ2) is 5.95. The number of pyridine rings is 1. The van der Waals surface area contributed by atoms with Gasteiger partial charge in [0.25, 0.3) is 9.05 Å². The Morgan fingerprint density at radius 3 is 2.38 bits per heavy atom. The Morgan fingerprint density at radius 1 is 1.24 bits per heavy atom. The molecule has 0 aliphatic rings. The molecule has 1 aromatic heterocycles. The Kier molecular flexibility index (Phi) is 4.43. The molecular formula is C13H10ClF2NO3S. The molecule has 4 nitrogen and oxygen atoms in total. The zero-order valence-electron chi connectivity index (χ0n) is 10.8. The van der Waals surface area contributed by atoms with Crippen molar-refractivity contribution in [1.29, 1.82) is 0 Å². The summed E-state index contributed by atoms with van der Waals surface area (Å²) in [5.41, 5.74) is 1.23. The Bertz CT molecular complexity index is 758. The van der Waals surface area contributed by atoms with Gasteiger partial charge in [-0.1, -0.05) is 6.07 Å². The van der Waals surface area contributed by atoms with Gasteiger partial charge in [-0.2, -0.15) is 0 Å². The van der Waals surface area contributed by atoms with E-state index in [1.165, 1.54) is 0 Å². The Morgan fingerprint density at radius 2 is 1.86 bits per heavy atom. The van der Waals surface area contributed by atoms with Crippen LogP contribution in [0.4, 0.5) is 8.78 Å². The minimum Gasteiger partial charge on any atom is -0.481 e. The Labute approximate surface area is 124 Å². The van der Waals surface area contributed by atoms with Crippen LogP contribution in [-0.4, -0.2) is 13.4 Å². The predicted octanol–water partition coefficient (Wildman–Crippen LogP) is 3.17. The van der Waals surface area contributed by atoms with Gasteiger partial charge < -0.3 is 4.74 Å². The van der Waals surface area contributed by atoms with Crippen molar-refractivity contribution < 1.29 is 21.9 Å². The van der Waals surface area contributed by atoms with Crippen molar-refractivity contribution in [3.63, 3.8) is 0 Å². The van der Waals surface area contributed by atoms with Gasteiger partial charge >= 0.3 is 0 Å². The standard InChI is InChI=1S/C13H10ClF2NO3S/c1-8-3-2-4-9(17-8)7-20-13-11(15)5-10(6-12(13)16)21(14,18)19/h2-6H,7H2,1H3. The van der Waals surface area contributed by atoms with Gasteiger partial charge in [0, 0.05) is 16.4 Å². The van der Waals surface area contributed by atoms with E-state index in [1.54, 1.807) is 25.1 Å². The molecule has 0 unspecified atom stereocenters. The van der Waals surface area contributed by atoms with Crippen LogP contribution in [0.15, 0.2) is 35.2 Å². The number of nitrogens with zero attached hydrogens (tertiary/aromatic N) is 1. The molecular weight excluding hydrogens is 324 g/mol. The van der Waals surface area contributed by atoms with Gasteiger partial charge in [-0.15, -0.1) is 0 Å². The van der Waals surface area contributed by atoms with Gasteiger partial charge in [-0.25, -0.2) is 17.2 Å². The molecule has 0 amide bonds. The highest BCUT2D eigenvalue weighted by Gasteiger charge is 2.19. The summed E-state index contributed by atoms with van der Waals surface area (Å²) in [6.45, 7) is 1.62. The quantitative estimate of drug-likeness (QED) is 0.806. The number of rotatable bonds is 4. The fourth-order valence-corrected chi connectivity index (χ4v) is 2.40. The smallest absolute Gasteiger partial charge is 0.261 e. The van der Waals surface area contributed by atoms with Crippen LogP contribution in [0.3, 0.4) is 0 Å². The molecule has 0 bridgehead atoms. The highest BCUT2D eigenvalue weighted by Crippen LogP contribution is 2.27. The lowest BCUT2D eigenvalue weighted by molar-refractivity contribution is 0.269. The van der Waals surface area contributed by atoms with Crippen molar-refractivity contribution in [2.45, 2.75) is 18.4 Å². The van der Waals surface area contributed by atoms with Crippen LogP contribution < -0.4 is 4.74 Å². The van der Waals surface area contributed by atoms with E-state index in [2.05, 4.69) is 4.98 Å². The molecule has 0 atom stereocenters. The lowest BCUT2D eigenvalue weighted by atomic mass is 10.3. The molecule has 1 heterocycles. The highest BCUT2D eigenvalue weighted by atomic mass is 35.7. The first kappa shape index (κ1) is 15.7. The summed E-state index contributed by atoms with van der Waals surface area (Å²) in [6.07, 6.45) is 0. The molecule has 0 fully saturated rings. The number of hydrogen-bond acceptors (Lipinski definition) is 4. The summed E-state index contributed by atoms with van der Waals surface area (Å²) in [5, 5.41) is 0. The average Bonchev–Trinajstić information content (AvgIpc) is 2.36. The fourth-order valence-electron chi connectivity index (χ4n) is 1.64. The zero-order chi connectivity index (χ0) is 15.6. The van der Waals surface area contributed by atoms with Crippen molar-refractivity contribution in [2.75, 3.05) is 0 Å². The number of halogens is 3. The SMILES string of the molecule is Cc1cccc(COc2c(F)cc(S(=O)(=O)Cl)cc2F)n1. The molecule has 0 radical (unpaired) electrons. The van der Waals surface area contributed by atoms with Crippen molar-refractivity contribution in [2.24, 2.45) is 0 Å². The van der Waals surface area contributed by atoms with Crippen molar-refractivity contribution in [3.8, 4) is 5.75 Å². The van der Waals surface area contributed by atoms with Crippen LogP contribution in [-0.2, 0) is 15.7 Å². The predicted molar refractivity (Wildman–Crippen MR) is 72.7 cm³/mol. The first-order valence-electron chi connectivity index (χ1n) is 5.76. The van der Waals surface area contributed by atoms with E-state index in [1.807, 2.05) is 0 Å². The molecule has 0 aliphatic carbocycles. The molecule has 0 saturated heterocycles. The average molecular weight is 334 g/mol. The summed E-state index contributed by atoms with van der Waals surface area (Å²) >= 11 is 0. The third-order valence-corrected chi connectivity index (χ3v) is 3.90. The molecule has 0 aliphatic heterocycles. The van der Waals surface area contributed by atoms with E-state index in [-0.39, 0.29) is 6.61 Å². The highest BCUT2D eigenvalue weighted by molar-refractivity contribution is 8.13. The summed E-state index contributed by atoms with van der Waals surface area (Å²) in [5.74, 6) is -2.98. The van der Waals surface area contributed by atoms with E-state index < -0.39 is 31.3 Å². The summed E-state index contributed by atoms with van der Waals surface area (Å²) < 4.78 is 54.5. The Hall–Kier alpha value is -1.73. The van der Waals surface area contributed by atoms with E-state index in [4.69, 9.17) is 15.4 Å². The number of hydrogen-bond donors (Lipinski definition) is 0. The molecule has 1 aromatic carbocycles. The van der Waals surface area contributed by atoms with Gasteiger partial charge in [-0.3, -0.25) is 4.98 Å². The fraction of sp³-hybridized carbons (Fsp3) is 0.154. The van der Waals surface area contributed by atoms with Crippen molar-refractivity contribution in [1.82, 2.24) is 4.98 Å². The van der Waals surface area contributed by atoms with Gasteiger partial charge in [0.2, 0.25) is 0 Å². The van der Waals surface area contributed by atoms with Crippen LogP contribution >= 0.6 is 10.7 Å². The summed E-state index contributed by atoms with van der Waals surface area (Å²) in [6, 6.07) is 6.34. The molecule has 0 N–H and O–H groups in total. The maximum atomic E-state index is 13.7. The third kappa shape index (κ3) is 3.89. The van der Waals surface area contributed by atoms with Gasteiger partial charge in [0.05, 0.1) is 10.6 Å². The molecule has 2 rings (SSSR count). The maximum absolute atomic E-state index is 13.7. The molecule has 0 spiro atoms. The number of aryl methyl sites for hydroxylation is 1. The van der Waals surface area contributed by atoms with Crippen LogP contribution in [0.2, 0.25) is 0 Å². The third-order valence-electron chi connectivity index (χ3n) is 2.56. The van der Waals surface area contributed by atoms with E-state index in [0.717, 1.165) is 5.69 Å². The minimum atomic E-state index is -4.21. The molecule has 2 aromatic rings. The normalized spacial score (nSPS) is 11.4. The summed E-state index contributed by atoms with van der Waals surface area (Å²) in [4.78, 5) is 3.45. The van der Waals surface area contributed by atoms with Crippen LogP contribution in [0.25, 0.3) is 0 Å². The summed E-state index contributed by atoms with van der Waals surface area (Å²) in [7, 11) is 0.820. The number of benzene rings is 1. The minimum absolute atomic E-state index is 0.150. The monoisotopic (exact) mass is 333 g/mol. The van der Waals surface area contributed by atoms with Gasteiger partial charge in [0.1, 0.15) is 6.61 Å².